The van der Waals surface area contributed by atoms with Crippen molar-refractivity contribution in [1.29, 1.82) is 0 Å². The van der Waals surface area contributed by atoms with Crippen molar-refractivity contribution in [2.45, 2.75) is 50.0 Å². The second kappa shape index (κ2) is 10.1. The number of benzene rings is 2. The number of nitrogens with one attached hydrogen (secondary N) is 1. The summed E-state index contributed by atoms with van der Waals surface area (Å²) in [6, 6.07) is 13.9. The third-order valence-electron chi connectivity index (χ3n) is 6.16. The van der Waals surface area contributed by atoms with E-state index in [-0.39, 0.29) is 0 Å². The van der Waals surface area contributed by atoms with Gasteiger partial charge in [-0.05, 0) is 68.2 Å². The SMILES string of the molecule is CNCCCN1c2ccccc2CCc2cc(O[C@H]3O[C@H](C(=O)O)[C@H](O)[C@@H](O)[C@@H]3O)ccc21. The van der Waals surface area contributed by atoms with Gasteiger partial charge in [0.2, 0.25) is 6.29 Å². The Hall–Kier alpha value is -2.69. The molecule has 9 nitrogen and oxygen atoms in total. The molecule has 0 aromatic heterocycles. The molecule has 2 aliphatic heterocycles. The molecule has 0 unspecified atom stereocenters. The van der Waals surface area contributed by atoms with Crippen LogP contribution in [0.25, 0.3) is 0 Å². The van der Waals surface area contributed by atoms with Crippen molar-refractivity contribution in [2.24, 2.45) is 0 Å². The zero-order chi connectivity index (χ0) is 23.5. The molecule has 2 aliphatic rings. The molecule has 0 bridgehead atoms. The number of aliphatic hydroxyl groups excluding tert-OH is 3. The number of hydrogen-bond donors (Lipinski definition) is 5. The highest BCUT2D eigenvalue weighted by atomic mass is 16.7. The number of aliphatic hydroxyl groups is 3. The van der Waals surface area contributed by atoms with E-state index < -0.39 is 36.7 Å². The Labute approximate surface area is 192 Å². The van der Waals surface area contributed by atoms with Crippen LogP contribution in [0.3, 0.4) is 0 Å². The molecule has 0 amide bonds. The van der Waals surface area contributed by atoms with E-state index in [4.69, 9.17) is 9.47 Å². The van der Waals surface area contributed by atoms with Crippen molar-refractivity contribution >= 4 is 17.3 Å². The van der Waals surface area contributed by atoms with Crippen LogP contribution in [0.15, 0.2) is 42.5 Å². The second-order valence-electron chi connectivity index (χ2n) is 8.38. The van der Waals surface area contributed by atoms with Gasteiger partial charge in [-0.2, -0.15) is 0 Å². The van der Waals surface area contributed by atoms with E-state index in [1.165, 1.54) is 11.3 Å². The van der Waals surface area contributed by atoms with Crippen molar-refractivity contribution in [3.8, 4) is 5.75 Å². The first-order valence-electron chi connectivity index (χ1n) is 11.1. The van der Waals surface area contributed by atoms with Crippen LogP contribution in [-0.2, 0) is 22.4 Å². The van der Waals surface area contributed by atoms with E-state index in [2.05, 4.69) is 22.3 Å². The zero-order valence-corrected chi connectivity index (χ0v) is 18.4. The first-order chi connectivity index (χ1) is 15.9. The lowest BCUT2D eigenvalue weighted by molar-refractivity contribution is -0.271. The topological polar surface area (TPSA) is 132 Å². The number of fused-ring (bicyclic) bond motifs is 2. The molecule has 1 saturated heterocycles. The van der Waals surface area contributed by atoms with Gasteiger partial charge in [0.15, 0.2) is 6.10 Å². The van der Waals surface area contributed by atoms with Crippen molar-refractivity contribution in [3.05, 3.63) is 53.6 Å². The maximum absolute atomic E-state index is 11.4. The summed E-state index contributed by atoms with van der Waals surface area (Å²) in [7, 11) is 1.93. The normalized spacial score (nSPS) is 26.8. The molecule has 2 heterocycles. The molecule has 0 saturated carbocycles. The number of hydrogen-bond acceptors (Lipinski definition) is 8. The molecule has 0 aliphatic carbocycles. The third kappa shape index (κ3) is 4.83. The number of anilines is 2. The molecule has 5 N–H and O–H groups in total. The van der Waals surface area contributed by atoms with Crippen molar-refractivity contribution in [3.63, 3.8) is 0 Å². The number of aryl methyl sites for hydroxylation is 2. The molecule has 1 fully saturated rings. The lowest BCUT2D eigenvalue weighted by Gasteiger charge is -2.38. The first-order valence-corrected chi connectivity index (χ1v) is 11.1. The smallest absolute Gasteiger partial charge is 0.335 e. The van der Waals surface area contributed by atoms with E-state index in [1.54, 1.807) is 6.07 Å². The Bertz CT molecular complexity index is 985. The highest BCUT2D eigenvalue weighted by Crippen LogP contribution is 2.38. The largest absolute Gasteiger partial charge is 0.479 e. The quantitative estimate of drug-likeness (QED) is 0.382. The Morgan fingerprint density at radius 1 is 1.06 bits per heavy atom. The van der Waals surface area contributed by atoms with E-state index in [0.29, 0.717) is 5.75 Å². The predicted octanol–water partition coefficient (Wildman–Crippen LogP) is 0.804. The molecule has 9 heteroatoms. The molecule has 5 atom stereocenters. The Kier molecular flexibility index (Phi) is 7.16. The number of rotatable bonds is 7. The Morgan fingerprint density at radius 2 is 1.79 bits per heavy atom. The molecule has 2 aromatic rings. The van der Waals surface area contributed by atoms with E-state index in [0.717, 1.165) is 43.6 Å². The van der Waals surface area contributed by atoms with Crippen LogP contribution >= 0.6 is 0 Å². The average Bonchev–Trinajstić information content (AvgIpc) is 2.96. The predicted molar refractivity (Wildman–Crippen MR) is 121 cm³/mol. The summed E-state index contributed by atoms with van der Waals surface area (Å²) in [4.78, 5) is 13.7. The lowest BCUT2D eigenvalue weighted by Crippen LogP contribution is -2.61. The van der Waals surface area contributed by atoms with Crippen molar-refractivity contribution in [2.75, 3.05) is 25.0 Å². The summed E-state index contributed by atoms with van der Waals surface area (Å²) < 4.78 is 11.0. The minimum atomic E-state index is -1.76. The number of carboxylic acid groups (broad SMARTS) is 1. The summed E-state index contributed by atoms with van der Waals surface area (Å²) in [5, 5.41) is 42.6. The van der Waals surface area contributed by atoms with Crippen LogP contribution in [0.2, 0.25) is 0 Å². The number of ether oxygens (including phenoxy) is 2. The number of carbonyl (C=O) groups is 1. The fraction of sp³-hybridized carbons (Fsp3) is 0.458. The fourth-order valence-corrected chi connectivity index (χ4v) is 4.42. The van der Waals surface area contributed by atoms with E-state index >= 15 is 0 Å². The van der Waals surface area contributed by atoms with Gasteiger partial charge in [-0.1, -0.05) is 18.2 Å². The lowest BCUT2D eigenvalue weighted by atomic mass is 9.99. The Morgan fingerprint density at radius 3 is 2.55 bits per heavy atom. The van der Waals surface area contributed by atoms with Gasteiger partial charge in [0, 0.05) is 17.9 Å². The van der Waals surface area contributed by atoms with Crippen LogP contribution < -0.4 is 15.0 Å². The van der Waals surface area contributed by atoms with Crippen LogP contribution in [-0.4, -0.2) is 77.2 Å². The summed E-state index contributed by atoms with van der Waals surface area (Å²) >= 11 is 0. The summed E-state index contributed by atoms with van der Waals surface area (Å²) in [6.07, 6.45) is -5.61. The van der Waals surface area contributed by atoms with E-state index in [9.17, 15) is 25.2 Å². The molecule has 0 spiro atoms. The van der Waals surface area contributed by atoms with Gasteiger partial charge in [0.1, 0.15) is 24.1 Å². The minimum absolute atomic E-state index is 0.381. The number of aliphatic carboxylic acids is 1. The average molecular weight is 459 g/mol. The van der Waals surface area contributed by atoms with Crippen LogP contribution in [0.4, 0.5) is 11.4 Å². The monoisotopic (exact) mass is 458 g/mol. The number of para-hydroxylation sites is 1. The highest BCUT2D eigenvalue weighted by molar-refractivity contribution is 5.73. The molecule has 0 radical (unpaired) electrons. The number of carboxylic acids is 1. The molecule has 33 heavy (non-hydrogen) atoms. The summed E-state index contributed by atoms with van der Waals surface area (Å²) in [6.45, 7) is 1.73. The number of nitrogens with zero attached hydrogens (tertiary/aromatic N) is 1. The minimum Gasteiger partial charge on any atom is -0.479 e. The summed E-state index contributed by atoms with van der Waals surface area (Å²) in [5.74, 6) is -1.06. The van der Waals surface area contributed by atoms with Gasteiger partial charge in [0.05, 0.1) is 0 Å². The fourth-order valence-electron chi connectivity index (χ4n) is 4.42. The highest BCUT2D eigenvalue weighted by Gasteiger charge is 2.48. The van der Waals surface area contributed by atoms with Crippen LogP contribution in [0.5, 0.6) is 5.75 Å². The van der Waals surface area contributed by atoms with Crippen molar-refractivity contribution in [1.82, 2.24) is 5.32 Å². The molecule has 4 rings (SSSR count). The van der Waals surface area contributed by atoms with Crippen molar-refractivity contribution < 1.29 is 34.7 Å². The summed E-state index contributed by atoms with van der Waals surface area (Å²) in [5.41, 5.74) is 4.54. The standard InChI is InChI=1S/C24H30N2O7/c1-25-11-4-12-26-17-6-3-2-5-14(17)7-8-15-13-16(9-10-18(15)26)32-24-21(29)19(27)20(28)22(33-24)23(30)31/h2-3,5-6,9-10,13,19-22,24-25,27-29H,4,7-8,11-12H2,1H3,(H,30,31)/t19-,20-,21+,22+,24+/m1/s1. The van der Waals surface area contributed by atoms with E-state index in [1.807, 2.05) is 31.3 Å². The van der Waals surface area contributed by atoms with Gasteiger partial charge in [-0.25, -0.2) is 4.79 Å². The molecular formula is C24H30N2O7. The molecular weight excluding hydrogens is 428 g/mol. The maximum Gasteiger partial charge on any atom is 0.335 e. The van der Waals surface area contributed by atoms with Gasteiger partial charge in [-0.3, -0.25) is 0 Å². The molecule has 178 valence electrons. The maximum atomic E-state index is 11.4. The second-order valence-corrected chi connectivity index (χ2v) is 8.38. The third-order valence-corrected chi connectivity index (χ3v) is 6.16. The zero-order valence-electron chi connectivity index (χ0n) is 18.4. The van der Waals surface area contributed by atoms with Crippen LogP contribution in [0.1, 0.15) is 17.5 Å². The first kappa shape index (κ1) is 23.5. The molecule has 2 aromatic carbocycles. The Balaban J connectivity index is 1.59. The van der Waals surface area contributed by atoms with Crippen LogP contribution in [0, 0.1) is 0 Å². The van der Waals surface area contributed by atoms with Gasteiger partial charge in [0.25, 0.3) is 0 Å². The van der Waals surface area contributed by atoms with Gasteiger partial charge < -0.3 is 40.1 Å². The van der Waals surface area contributed by atoms with Gasteiger partial charge >= 0.3 is 5.97 Å². The van der Waals surface area contributed by atoms with Gasteiger partial charge in [-0.15, -0.1) is 0 Å².